The molecule has 3 aromatic rings. The summed E-state index contributed by atoms with van der Waals surface area (Å²) in [6, 6.07) is 3.53. The molecule has 2 unspecified atom stereocenters. The first-order chi connectivity index (χ1) is 14.3. The summed E-state index contributed by atoms with van der Waals surface area (Å²) in [5.41, 5.74) is 7.21. The summed E-state index contributed by atoms with van der Waals surface area (Å²) >= 11 is 0. The number of fused-ring (bicyclic) bond motifs is 1. The maximum absolute atomic E-state index is 14.8. The highest BCUT2D eigenvalue weighted by atomic mass is 19.1. The maximum atomic E-state index is 14.8. The summed E-state index contributed by atoms with van der Waals surface area (Å²) in [5, 5.41) is 8.07. The fourth-order valence-corrected chi connectivity index (χ4v) is 3.54. The molecule has 0 fully saturated rings. The topological polar surface area (TPSA) is 97.6 Å². The quantitative estimate of drug-likeness (QED) is 0.650. The Morgan fingerprint density at radius 3 is 2.70 bits per heavy atom. The van der Waals surface area contributed by atoms with Crippen LogP contribution in [0.5, 0.6) is 0 Å². The SMILES string of the molecule is CC(=N)C1C=CC(c2cc(F)c(Cn3cnc4cnccc4c3=O)c(F)c2)=CC1N. The van der Waals surface area contributed by atoms with Crippen LogP contribution in [-0.4, -0.2) is 26.3 Å². The maximum Gasteiger partial charge on any atom is 0.261 e. The van der Waals surface area contributed by atoms with Gasteiger partial charge in [-0.3, -0.25) is 14.3 Å². The predicted molar refractivity (Wildman–Crippen MR) is 111 cm³/mol. The van der Waals surface area contributed by atoms with Crippen molar-refractivity contribution in [1.82, 2.24) is 14.5 Å². The fourth-order valence-electron chi connectivity index (χ4n) is 3.54. The lowest BCUT2D eigenvalue weighted by Crippen LogP contribution is -2.32. The summed E-state index contributed by atoms with van der Waals surface area (Å²) in [4.78, 5) is 20.6. The van der Waals surface area contributed by atoms with Crippen LogP contribution in [0.25, 0.3) is 16.5 Å². The molecule has 1 aromatic carbocycles. The predicted octanol–water partition coefficient (Wildman–Crippen LogP) is 3.05. The molecule has 0 amide bonds. The fraction of sp³-hybridized carbons (Fsp3) is 0.182. The number of nitrogens with zero attached hydrogens (tertiary/aromatic N) is 3. The van der Waals surface area contributed by atoms with E-state index in [0.29, 0.717) is 27.8 Å². The molecule has 0 bridgehead atoms. The van der Waals surface area contributed by atoms with Gasteiger partial charge < -0.3 is 11.1 Å². The highest BCUT2D eigenvalue weighted by Crippen LogP contribution is 2.27. The van der Waals surface area contributed by atoms with Gasteiger partial charge in [0.15, 0.2) is 0 Å². The molecule has 0 aliphatic heterocycles. The normalized spacial score (nSPS) is 18.5. The van der Waals surface area contributed by atoms with Crippen LogP contribution >= 0.6 is 0 Å². The number of rotatable bonds is 4. The summed E-state index contributed by atoms with van der Waals surface area (Å²) in [5.74, 6) is -1.76. The first kappa shape index (κ1) is 19.8. The summed E-state index contributed by atoms with van der Waals surface area (Å²) in [6.07, 6.45) is 9.35. The minimum absolute atomic E-state index is 0.228. The van der Waals surface area contributed by atoms with Crippen molar-refractivity contribution in [1.29, 1.82) is 5.41 Å². The molecular formula is C22H19F2N5O. The van der Waals surface area contributed by atoms with Gasteiger partial charge in [-0.05, 0) is 36.3 Å². The van der Waals surface area contributed by atoms with Crippen molar-refractivity contribution in [2.45, 2.75) is 19.5 Å². The number of benzene rings is 1. The van der Waals surface area contributed by atoms with Crippen molar-refractivity contribution in [2.75, 3.05) is 0 Å². The Morgan fingerprint density at radius 2 is 2.03 bits per heavy atom. The van der Waals surface area contributed by atoms with Crippen molar-refractivity contribution >= 4 is 22.2 Å². The molecule has 2 atom stereocenters. The van der Waals surface area contributed by atoms with E-state index in [0.717, 1.165) is 4.57 Å². The number of nitrogens with two attached hydrogens (primary N) is 1. The number of hydrogen-bond acceptors (Lipinski definition) is 5. The van der Waals surface area contributed by atoms with Crippen molar-refractivity contribution in [2.24, 2.45) is 11.7 Å². The van der Waals surface area contributed by atoms with Gasteiger partial charge in [0.05, 0.1) is 30.0 Å². The molecule has 0 spiro atoms. The van der Waals surface area contributed by atoms with Crippen LogP contribution in [0.2, 0.25) is 0 Å². The van der Waals surface area contributed by atoms with Crippen LogP contribution < -0.4 is 11.3 Å². The lowest BCUT2D eigenvalue weighted by molar-refractivity contribution is 0.540. The Kier molecular flexibility index (Phi) is 5.09. The number of aromatic nitrogens is 3. The standard InChI is InChI=1S/C22H19F2N5O/c1-12(25)15-3-2-13(8-20(15)26)14-6-18(23)17(19(24)7-14)10-29-11-28-21-9-27-5-4-16(21)22(29)30/h2-9,11,15,20,25H,10,26H2,1H3. The van der Waals surface area contributed by atoms with E-state index < -0.39 is 23.2 Å². The second kappa shape index (κ2) is 7.72. The molecule has 4 rings (SSSR count). The van der Waals surface area contributed by atoms with E-state index in [1.165, 1.54) is 36.9 Å². The number of hydrogen-bond donors (Lipinski definition) is 2. The van der Waals surface area contributed by atoms with Gasteiger partial charge in [0, 0.05) is 29.4 Å². The third-order valence-electron chi connectivity index (χ3n) is 5.20. The second-order valence-corrected chi connectivity index (χ2v) is 7.26. The third kappa shape index (κ3) is 3.57. The van der Waals surface area contributed by atoms with E-state index in [4.69, 9.17) is 11.1 Å². The molecule has 2 heterocycles. The smallest absolute Gasteiger partial charge is 0.261 e. The molecule has 1 aliphatic rings. The summed E-state index contributed by atoms with van der Waals surface area (Å²) < 4.78 is 30.8. The molecule has 30 heavy (non-hydrogen) atoms. The zero-order valence-corrected chi connectivity index (χ0v) is 16.1. The Labute approximate surface area is 170 Å². The van der Waals surface area contributed by atoms with Gasteiger partial charge in [-0.15, -0.1) is 0 Å². The zero-order valence-electron chi connectivity index (χ0n) is 16.1. The van der Waals surface area contributed by atoms with Gasteiger partial charge in [-0.1, -0.05) is 18.2 Å². The second-order valence-electron chi connectivity index (χ2n) is 7.26. The highest BCUT2D eigenvalue weighted by Gasteiger charge is 2.21. The van der Waals surface area contributed by atoms with Gasteiger partial charge in [0.25, 0.3) is 5.56 Å². The van der Waals surface area contributed by atoms with E-state index in [-0.39, 0.29) is 18.0 Å². The largest absolute Gasteiger partial charge is 0.324 e. The van der Waals surface area contributed by atoms with Crippen LogP contribution in [-0.2, 0) is 6.54 Å². The van der Waals surface area contributed by atoms with Gasteiger partial charge in [-0.25, -0.2) is 13.8 Å². The van der Waals surface area contributed by atoms with Gasteiger partial charge in [-0.2, -0.15) is 0 Å². The molecule has 0 saturated carbocycles. The van der Waals surface area contributed by atoms with Crippen molar-refractivity contribution < 1.29 is 8.78 Å². The first-order valence-corrected chi connectivity index (χ1v) is 9.33. The number of halogens is 2. The van der Waals surface area contributed by atoms with E-state index in [2.05, 4.69) is 9.97 Å². The van der Waals surface area contributed by atoms with E-state index in [1.807, 2.05) is 0 Å². The number of pyridine rings is 1. The van der Waals surface area contributed by atoms with Crippen LogP contribution in [0, 0.1) is 23.0 Å². The minimum atomic E-state index is -0.764. The average molecular weight is 407 g/mol. The van der Waals surface area contributed by atoms with Crippen molar-refractivity contribution in [3.05, 3.63) is 88.3 Å². The lowest BCUT2D eigenvalue weighted by atomic mass is 9.87. The Balaban J connectivity index is 1.67. The Morgan fingerprint density at radius 1 is 1.30 bits per heavy atom. The molecule has 1 aliphatic carbocycles. The highest BCUT2D eigenvalue weighted by molar-refractivity contribution is 5.87. The Hall–Kier alpha value is -3.52. The van der Waals surface area contributed by atoms with E-state index in [9.17, 15) is 13.6 Å². The van der Waals surface area contributed by atoms with Crippen LogP contribution in [0.15, 0.2) is 59.9 Å². The van der Waals surface area contributed by atoms with Crippen LogP contribution in [0.1, 0.15) is 18.1 Å². The molecule has 6 nitrogen and oxygen atoms in total. The number of allylic oxidation sites excluding steroid dienone is 2. The zero-order chi connectivity index (χ0) is 21.4. The minimum Gasteiger partial charge on any atom is -0.324 e. The van der Waals surface area contributed by atoms with Crippen molar-refractivity contribution in [3.63, 3.8) is 0 Å². The monoisotopic (exact) mass is 407 g/mol. The Bertz CT molecular complexity index is 1250. The molecule has 2 aromatic heterocycles. The van der Waals surface area contributed by atoms with Crippen LogP contribution in [0.4, 0.5) is 8.78 Å². The molecule has 0 saturated heterocycles. The van der Waals surface area contributed by atoms with E-state index >= 15 is 0 Å². The summed E-state index contributed by atoms with van der Waals surface area (Å²) in [7, 11) is 0. The molecule has 8 heteroatoms. The molecular weight excluding hydrogens is 388 g/mol. The van der Waals surface area contributed by atoms with Gasteiger partial charge in [0.1, 0.15) is 11.6 Å². The molecule has 152 valence electrons. The lowest BCUT2D eigenvalue weighted by Gasteiger charge is -2.22. The summed E-state index contributed by atoms with van der Waals surface area (Å²) in [6.45, 7) is 1.38. The van der Waals surface area contributed by atoms with E-state index in [1.54, 1.807) is 25.2 Å². The first-order valence-electron chi connectivity index (χ1n) is 9.33. The third-order valence-corrected chi connectivity index (χ3v) is 5.20. The molecule has 3 N–H and O–H groups in total. The van der Waals surface area contributed by atoms with Gasteiger partial charge in [0.2, 0.25) is 0 Å². The number of nitrogens with one attached hydrogen (secondary N) is 1. The van der Waals surface area contributed by atoms with Crippen molar-refractivity contribution in [3.8, 4) is 0 Å². The average Bonchev–Trinajstić information content (AvgIpc) is 2.72. The van der Waals surface area contributed by atoms with Gasteiger partial charge >= 0.3 is 0 Å². The molecule has 0 radical (unpaired) electrons. The van der Waals surface area contributed by atoms with Crippen LogP contribution in [0.3, 0.4) is 0 Å².